The fourth-order valence-electron chi connectivity index (χ4n) is 4.76. The van der Waals surface area contributed by atoms with Crippen molar-refractivity contribution < 1.29 is 8.78 Å². The van der Waals surface area contributed by atoms with E-state index in [1.54, 1.807) is 12.1 Å². The molecular formula is C25H25F2N3. The molecule has 3 aliphatic rings. The van der Waals surface area contributed by atoms with Crippen LogP contribution in [0.2, 0.25) is 0 Å². The van der Waals surface area contributed by atoms with Crippen molar-refractivity contribution in [2.24, 2.45) is 0 Å². The van der Waals surface area contributed by atoms with Crippen LogP contribution in [0.15, 0.2) is 60.5 Å². The molecular weight excluding hydrogens is 380 g/mol. The maximum atomic E-state index is 14.2. The lowest BCUT2D eigenvalue weighted by atomic mass is 9.91. The predicted octanol–water partition coefficient (Wildman–Crippen LogP) is 5.89. The Morgan fingerprint density at radius 1 is 1.10 bits per heavy atom. The molecule has 0 radical (unpaired) electrons. The van der Waals surface area contributed by atoms with Crippen molar-refractivity contribution in [3.8, 4) is 0 Å². The van der Waals surface area contributed by atoms with Crippen LogP contribution >= 0.6 is 0 Å². The maximum Gasteiger partial charge on any atom is 0.129 e. The molecule has 0 amide bonds. The van der Waals surface area contributed by atoms with Gasteiger partial charge in [-0.05, 0) is 55.7 Å². The van der Waals surface area contributed by atoms with Crippen LogP contribution in [0.25, 0.3) is 11.3 Å². The van der Waals surface area contributed by atoms with E-state index in [1.807, 2.05) is 18.3 Å². The molecule has 1 atom stereocenters. The van der Waals surface area contributed by atoms with Crippen molar-refractivity contribution in [2.45, 2.75) is 57.0 Å². The van der Waals surface area contributed by atoms with Crippen molar-refractivity contribution in [3.63, 3.8) is 0 Å². The number of benzene rings is 1. The minimum Gasteiger partial charge on any atom is -0.358 e. The molecule has 1 unspecified atom stereocenters. The van der Waals surface area contributed by atoms with Crippen molar-refractivity contribution in [1.82, 2.24) is 15.1 Å². The first-order valence-corrected chi connectivity index (χ1v) is 10.7. The first kappa shape index (κ1) is 19.1. The second-order valence-corrected chi connectivity index (χ2v) is 8.38. The summed E-state index contributed by atoms with van der Waals surface area (Å²) >= 11 is 0. The van der Waals surface area contributed by atoms with Crippen molar-refractivity contribution in [3.05, 3.63) is 82.9 Å². The van der Waals surface area contributed by atoms with E-state index in [4.69, 9.17) is 0 Å². The molecule has 0 aliphatic heterocycles. The van der Waals surface area contributed by atoms with Gasteiger partial charge >= 0.3 is 0 Å². The fraction of sp³-hybridized carbons (Fsp3) is 0.360. The highest BCUT2D eigenvalue weighted by Crippen LogP contribution is 2.40. The Bertz CT molecular complexity index is 1070. The number of nitrogens with zero attached hydrogens (tertiary/aromatic N) is 2. The third kappa shape index (κ3) is 3.44. The van der Waals surface area contributed by atoms with Crippen molar-refractivity contribution in [2.75, 3.05) is 0 Å². The molecule has 1 aromatic carbocycles. The predicted molar refractivity (Wildman–Crippen MR) is 115 cm³/mol. The zero-order valence-corrected chi connectivity index (χ0v) is 16.9. The number of H-pyrrole nitrogens is 1. The summed E-state index contributed by atoms with van der Waals surface area (Å²) in [6.45, 7) is 3.97. The fourth-order valence-corrected chi connectivity index (χ4v) is 4.76. The SMILES string of the molecule is C=C=C(c1ccc(C2=C(F)CCC=C2F)cc1)N(C1CC1)C1CCc2[nH]ncc2C1. The van der Waals surface area contributed by atoms with E-state index in [2.05, 4.69) is 27.4 Å². The number of aryl methyl sites for hydroxylation is 1. The summed E-state index contributed by atoms with van der Waals surface area (Å²) in [6.07, 6.45) is 9.43. The van der Waals surface area contributed by atoms with E-state index in [9.17, 15) is 8.78 Å². The molecule has 2 aromatic rings. The summed E-state index contributed by atoms with van der Waals surface area (Å²) in [4.78, 5) is 2.47. The van der Waals surface area contributed by atoms with Gasteiger partial charge < -0.3 is 4.90 Å². The van der Waals surface area contributed by atoms with Gasteiger partial charge in [0, 0.05) is 35.3 Å². The number of nitrogens with one attached hydrogen (secondary N) is 1. The average molecular weight is 405 g/mol. The summed E-state index contributed by atoms with van der Waals surface area (Å²) < 4.78 is 28.5. The monoisotopic (exact) mass is 405 g/mol. The van der Waals surface area contributed by atoms with Gasteiger partial charge in [0.15, 0.2) is 0 Å². The molecule has 1 N–H and O–H groups in total. The minimum absolute atomic E-state index is 0.0933. The Kier molecular flexibility index (Phi) is 4.92. The van der Waals surface area contributed by atoms with Crippen LogP contribution in [0.5, 0.6) is 0 Å². The van der Waals surface area contributed by atoms with Gasteiger partial charge in [-0.15, -0.1) is 5.73 Å². The van der Waals surface area contributed by atoms with Gasteiger partial charge in [0.2, 0.25) is 0 Å². The number of halogens is 2. The lowest BCUT2D eigenvalue weighted by Crippen LogP contribution is -2.39. The van der Waals surface area contributed by atoms with E-state index in [0.717, 1.165) is 30.5 Å². The zero-order chi connectivity index (χ0) is 20.7. The molecule has 0 spiro atoms. The minimum atomic E-state index is -0.469. The summed E-state index contributed by atoms with van der Waals surface area (Å²) in [7, 11) is 0. The quantitative estimate of drug-likeness (QED) is 0.630. The van der Waals surface area contributed by atoms with Crippen molar-refractivity contribution >= 4 is 11.3 Å². The van der Waals surface area contributed by atoms with E-state index < -0.39 is 5.83 Å². The topological polar surface area (TPSA) is 31.9 Å². The Balaban J connectivity index is 1.43. The molecule has 1 aromatic heterocycles. The first-order chi connectivity index (χ1) is 14.7. The van der Waals surface area contributed by atoms with Gasteiger partial charge in [-0.25, -0.2) is 8.78 Å². The number of fused-ring (bicyclic) bond motifs is 1. The van der Waals surface area contributed by atoms with Crippen LogP contribution in [0.1, 0.15) is 54.5 Å². The molecule has 1 heterocycles. The molecule has 0 saturated heterocycles. The Hall–Kier alpha value is -2.91. The second-order valence-electron chi connectivity index (χ2n) is 8.38. The van der Waals surface area contributed by atoms with Gasteiger partial charge in [0.1, 0.15) is 11.7 Å². The number of aromatic nitrogens is 2. The van der Waals surface area contributed by atoms with Gasteiger partial charge in [0.05, 0.1) is 11.9 Å². The van der Waals surface area contributed by atoms with E-state index in [-0.39, 0.29) is 17.8 Å². The highest BCUT2D eigenvalue weighted by molar-refractivity contribution is 5.80. The van der Waals surface area contributed by atoms with Crippen LogP contribution in [-0.4, -0.2) is 27.2 Å². The highest BCUT2D eigenvalue weighted by atomic mass is 19.1. The number of hydrogen-bond acceptors (Lipinski definition) is 2. The van der Waals surface area contributed by atoms with E-state index >= 15 is 0 Å². The molecule has 3 aliphatic carbocycles. The largest absolute Gasteiger partial charge is 0.358 e. The first-order valence-electron chi connectivity index (χ1n) is 10.7. The molecule has 5 heteroatoms. The van der Waals surface area contributed by atoms with Crippen LogP contribution in [0.4, 0.5) is 8.78 Å². The number of aromatic amines is 1. The lowest BCUT2D eigenvalue weighted by molar-refractivity contribution is 0.259. The normalized spacial score (nSPS) is 21.0. The summed E-state index contributed by atoms with van der Waals surface area (Å²) in [5.41, 5.74) is 8.34. The molecule has 30 heavy (non-hydrogen) atoms. The van der Waals surface area contributed by atoms with Crippen LogP contribution in [0, 0.1) is 0 Å². The number of rotatable bonds is 5. The van der Waals surface area contributed by atoms with Gasteiger partial charge in [0.25, 0.3) is 0 Å². The highest BCUT2D eigenvalue weighted by Gasteiger charge is 2.37. The zero-order valence-electron chi connectivity index (χ0n) is 16.9. The summed E-state index contributed by atoms with van der Waals surface area (Å²) in [5, 5.41) is 7.31. The number of allylic oxidation sites excluding steroid dienone is 4. The Morgan fingerprint density at radius 3 is 2.60 bits per heavy atom. The lowest BCUT2D eigenvalue weighted by Gasteiger charge is -2.37. The smallest absolute Gasteiger partial charge is 0.129 e. The van der Waals surface area contributed by atoms with Crippen LogP contribution in [0.3, 0.4) is 0 Å². The van der Waals surface area contributed by atoms with Gasteiger partial charge in [-0.2, -0.15) is 5.10 Å². The summed E-state index contributed by atoms with van der Waals surface area (Å²) in [5.74, 6) is -0.844. The third-order valence-electron chi connectivity index (χ3n) is 6.39. The van der Waals surface area contributed by atoms with Gasteiger partial charge in [-0.3, -0.25) is 5.10 Å². The molecule has 3 nitrogen and oxygen atoms in total. The molecule has 1 saturated carbocycles. The van der Waals surface area contributed by atoms with Crippen LogP contribution < -0.4 is 0 Å². The van der Waals surface area contributed by atoms with E-state index in [0.29, 0.717) is 24.1 Å². The standard InChI is InChI=1S/C25H25F2N3/c1-2-24(16-6-8-17(9-7-16)25-21(26)4-3-5-22(25)27)30(19-10-11-19)20-12-13-23-18(14-20)15-28-29-23/h4,6-9,15,19-20H,1,3,5,10-14H2,(H,28,29). The Labute approximate surface area is 175 Å². The molecule has 0 bridgehead atoms. The molecule has 1 fully saturated rings. The molecule has 154 valence electrons. The van der Waals surface area contributed by atoms with Crippen molar-refractivity contribution in [1.29, 1.82) is 0 Å². The third-order valence-corrected chi connectivity index (χ3v) is 6.39. The Morgan fingerprint density at radius 2 is 1.90 bits per heavy atom. The number of hydrogen-bond donors (Lipinski definition) is 1. The molecule has 5 rings (SSSR count). The maximum absolute atomic E-state index is 14.2. The van der Waals surface area contributed by atoms with Crippen LogP contribution in [-0.2, 0) is 12.8 Å². The van der Waals surface area contributed by atoms with Gasteiger partial charge in [-0.1, -0.05) is 30.8 Å². The second kappa shape index (κ2) is 7.73. The average Bonchev–Trinajstić information content (AvgIpc) is 3.48. The summed E-state index contributed by atoms with van der Waals surface area (Å²) in [6, 6.07) is 8.37. The van der Waals surface area contributed by atoms with E-state index in [1.165, 1.54) is 30.2 Å².